The van der Waals surface area contributed by atoms with Crippen LogP contribution in [0.4, 0.5) is 23.4 Å². The van der Waals surface area contributed by atoms with Gasteiger partial charge in [-0.25, -0.2) is 9.97 Å². The van der Waals surface area contributed by atoms with Crippen molar-refractivity contribution in [2.45, 2.75) is 0 Å². The third kappa shape index (κ3) is 6.11. The molecule has 0 fully saturated rings. The second kappa shape index (κ2) is 11.5. The van der Waals surface area contributed by atoms with Crippen molar-refractivity contribution in [3.8, 4) is 28.5 Å². The van der Waals surface area contributed by atoms with E-state index in [1.54, 1.807) is 46.6 Å². The fraction of sp³-hybridized carbons (Fsp3) is 0.160. The Morgan fingerprint density at radius 3 is 2.22 bits per heavy atom. The van der Waals surface area contributed by atoms with Gasteiger partial charge in [-0.2, -0.15) is 10.1 Å². The Balaban J connectivity index is 1.46. The van der Waals surface area contributed by atoms with Crippen LogP contribution in [0.3, 0.4) is 0 Å². The second-order valence-electron chi connectivity index (χ2n) is 7.53. The van der Waals surface area contributed by atoms with Gasteiger partial charge in [0.15, 0.2) is 17.3 Å². The van der Waals surface area contributed by atoms with E-state index >= 15 is 0 Å². The van der Waals surface area contributed by atoms with Crippen LogP contribution in [0, 0.1) is 0 Å². The third-order valence-corrected chi connectivity index (χ3v) is 5.21. The number of ether oxygens (including phenoxy) is 3. The predicted molar refractivity (Wildman–Crippen MR) is 140 cm³/mol. The van der Waals surface area contributed by atoms with Crippen LogP contribution >= 0.6 is 0 Å². The summed E-state index contributed by atoms with van der Waals surface area (Å²) in [7, 11) is 6.22. The molecular weight excluding hydrogens is 476 g/mol. The van der Waals surface area contributed by atoms with Crippen molar-refractivity contribution in [1.29, 1.82) is 0 Å². The largest absolute Gasteiger partial charge is 0.493 e. The molecule has 4 aromatic rings. The summed E-state index contributed by atoms with van der Waals surface area (Å²) in [6.07, 6.45) is 4.61. The van der Waals surface area contributed by atoms with Gasteiger partial charge in [-0.3, -0.25) is 9.89 Å². The quantitative estimate of drug-likeness (QED) is 0.237. The van der Waals surface area contributed by atoms with Crippen LogP contribution in [-0.4, -0.2) is 59.4 Å². The lowest BCUT2D eigenvalue weighted by atomic mass is 10.1. The topological polar surface area (TPSA) is 148 Å². The summed E-state index contributed by atoms with van der Waals surface area (Å²) in [5, 5.41) is 16.0. The summed E-state index contributed by atoms with van der Waals surface area (Å²) in [5.74, 6) is 2.46. The van der Waals surface area contributed by atoms with Crippen LogP contribution in [0.2, 0.25) is 0 Å². The zero-order chi connectivity index (χ0) is 26.2. The van der Waals surface area contributed by atoms with Gasteiger partial charge < -0.3 is 30.2 Å². The number of nitrogens with zero attached hydrogens (tertiary/aromatic N) is 4. The molecule has 2 aromatic carbocycles. The normalized spacial score (nSPS) is 10.7. The summed E-state index contributed by atoms with van der Waals surface area (Å²) in [4.78, 5) is 24.1. The SMILES string of the molecule is CNC(=O)/C=C/c1ccc(-c2cc(Nc3ncnc(Nc4cc(OC)c(OC)c(OC)c4)n3)n[nH]2)cc1. The molecule has 0 spiro atoms. The number of nitrogens with one attached hydrogen (secondary N) is 4. The molecule has 2 heterocycles. The van der Waals surface area contributed by atoms with Crippen molar-refractivity contribution in [2.75, 3.05) is 39.0 Å². The number of methoxy groups -OCH3 is 3. The van der Waals surface area contributed by atoms with Crippen molar-refractivity contribution >= 4 is 35.4 Å². The number of aromatic nitrogens is 5. The Morgan fingerprint density at radius 1 is 0.919 bits per heavy atom. The van der Waals surface area contributed by atoms with E-state index in [1.165, 1.54) is 12.4 Å². The second-order valence-corrected chi connectivity index (χ2v) is 7.53. The number of likely N-dealkylation sites (N-methyl/N-ethyl adjacent to an activating group) is 1. The maximum atomic E-state index is 11.4. The first-order valence-electron chi connectivity index (χ1n) is 11.1. The zero-order valence-electron chi connectivity index (χ0n) is 20.7. The average Bonchev–Trinajstić information content (AvgIpc) is 3.39. The number of aromatic amines is 1. The molecule has 1 amide bonds. The van der Waals surface area contributed by atoms with Gasteiger partial charge in [0.25, 0.3) is 0 Å². The number of rotatable bonds is 10. The minimum Gasteiger partial charge on any atom is -0.493 e. The summed E-state index contributed by atoms with van der Waals surface area (Å²) in [5.41, 5.74) is 3.28. The first-order chi connectivity index (χ1) is 18.0. The average molecular weight is 503 g/mol. The maximum absolute atomic E-state index is 11.4. The molecule has 12 nitrogen and oxygen atoms in total. The van der Waals surface area contributed by atoms with E-state index in [0.29, 0.717) is 40.7 Å². The van der Waals surface area contributed by atoms with E-state index in [9.17, 15) is 4.79 Å². The molecule has 0 aliphatic heterocycles. The van der Waals surface area contributed by atoms with Gasteiger partial charge in [0.05, 0.1) is 27.0 Å². The molecule has 0 radical (unpaired) electrons. The van der Waals surface area contributed by atoms with E-state index in [-0.39, 0.29) is 5.91 Å². The van der Waals surface area contributed by atoms with Crippen molar-refractivity contribution < 1.29 is 19.0 Å². The van der Waals surface area contributed by atoms with E-state index in [4.69, 9.17) is 14.2 Å². The van der Waals surface area contributed by atoms with Crippen molar-refractivity contribution in [3.63, 3.8) is 0 Å². The van der Waals surface area contributed by atoms with Gasteiger partial charge in [0, 0.05) is 37.0 Å². The van der Waals surface area contributed by atoms with Gasteiger partial charge in [0.2, 0.25) is 23.6 Å². The highest BCUT2D eigenvalue weighted by Crippen LogP contribution is 2.40. The minimum absolute atomic E-state index is 0.159. The van der Waals surface area contributed by atoms with Crippen LogP contribution < -0.4 is 30.2 Å². The van der Waals surface area contributed by atoms with Crippen LogP contribution in [0.5, 0.6) is 17.2 Å². The van der Waals surface area contributed by atoms with E-state index in [2.05, 4.69) is 41.1 Å². The van der Waals surface area contributed by atoms with Gasteiger partial charge in [0.1, 0.15) is 6.33 Å². The van der Waals surface area contributed by atoms with Crippen molar-refractivity contribution in [1.82, 2.24) is 30.5 Å². The van der Waals surface area contributed by atoms with Crippen LogP contribution in [-0.2, 0) is 4.79 Å². The number of amides is 1. The van der Waals surface area contributed by atoms with E-state index < -0.39 is 0 Å². The van der Waals surface area contributed by atoms with E-state index in [1.807, 2.05) is 30.3 Å². The number of hydrogen-bond donors (Lipinski definition) is 4. The Hall–Kier alpha value is -5.13. The van der Waals surface area contributed by atoms with Crippen LogP contribution in [0.25, 0.3) is 17.3 Å². The number of benzene rings is 2. The molecule has 0 saturated carbocycles. The molecule has 0 aliphatic rings. The Labute approximate surface area is 213 Å². The monoisotopic (exact) mass is 502 g/mol. The molecule has 0 unspecified atom stereocenters. The van der Waals surface area contributed by atoms with Crippen LogP contribution in [0.15, 0.2) is 54.9 Å². The fourth-order valence-electron chi connectivity index (χ4n) is 3.38. The molecule has 0 saturated heterocycles. The lowest BCUT2D eigenvalue weighted by Crippen LogP contribution is -2.13. The number of carbonyl (C=O) groups excluding carboxylic acids is 1. The number of anilines is 4. The van der Waals surface area contributed by atoms with Crippen molar-refractivity contribution in [2.24, 2.45) is 0 Å². The number of carbonyl (C=O) groups is 1. The van der Waals surface area contributed by atoms with Crippen LogP contribution in [0.1, 0.15) is 5.56 Å². The number of hydrogen-bond acceptors (Lipinski definition) is 10. The molecule has 190 valence electrons. The first kappa shape index (κ1) is 25.0. The molecule has 0 atom stereocenters. The summed E-state index contributed by atoms with van der Waals surface area (Å²) < 4.78 is 16.1. The van der Waals surface area contributed by atoms with Gasteiger partial charge in [-0.05, 0) is 17.2 Å². The highest BCUT2D eigenvalue weighted by molar-refractivity contribution is 5.91. The standard InChI is InChI=1S/C25H26N8O4/c1-26-22(34)10-7-15-5-8-16(9-6-15)18-13-21(33-32-18)30-25-28-14-27-24(31-25)29-17-11-19(35-2)23(37-4)20(12-17)36-3/h5-14H,1-4H3,(H,26,34)(H3,27,28,29,30,31,32,33)/b10-7+. The molecule has 4 rings (SSSR count). The highest BCUT2D eigenvalue weighted by Gasteiger charge is 2.14. The molecule has 0 aliphatic carbocycles. The molecule has 37 heavy (non-hydrogen) atoms. The third-order valence-electron chi connectivity index (χ3n) is 5.21. The van der Waals surface area contributed by atoms with Crippen molar-refractivity contribution in [3.05, 3.63) is 60.4 Å². The predicted octanol–water partition coefficient (Wildman–Crippen LogP) is 3.53. The molecule has 4 N–H and O–H groups in total. The summed E-state index contributed by atoms with van der Waals surface area (Å²) in [6, 6.07) is 13.0. The highest BCUT2D eigenvalue weighted by atomic mass is 16.5. The number of H-pyrrole nitrogens is 1. The fourth-order valence-corrected chi connectivity index (χ4v) is 3.38. The van der Waals surface area contributed by atoms with Gasteiger partial charge >= 0.3 is 0 Å². The molecule has 12 heteroatoms. The lowest BCUT2D eigenvalue weighted by Gasteiger charge is -2.14. The molecule has 2 aromatic heterocycles. The van der Waals surface area contributed by atoms with Gasteiger partial charge in [-0.1, -0.05) is 24.3 Å². The molecular formula is C25H26N8O4. The first-order valence-corrected chi connectivity index (χ1v) is 11.1. The minimum atomic E-state index is -0.159. The van der Waals surface area contributed by atoms with Gasteiger partial charge in [-0.15, -0.1) is 0 Å². The van der Waals surface area contributed by atoms with E-state index in [0.717, 1.165) is 16.8 Å². The Morgan fingerprint density at radius 2 is 1.59 bits per heavy atom. The maximum Gasteiger partial charge on any atom is 0.243 e. The molecule has 0 bridgehead atoms. The summed E-state index contributed by atoms with van der Waals surface area (Å²) in [6.45, 7) is 0. The smallest absolute Gasteiger partial charge is 0.243 e. The Bertz CT molecular complexity index is 1380. The lowest BCUT2D eigenvalue weighted by molar-refractivity contribution is -0.115. The Kier molecular flexibility index (Phi) is 7.79. The zero-order valence-corrected chi connectivity index (χ0v) is 20.7. The summed E-state index contributed by atoms with van der Waals surface area (Å²) >= 11 is 0.